The van der Waals surface area contributed by atoms with E-state index in [1.54, 1.807) is 0 Å². The minimum atomic E-state index is -0.290. The lowest BCUT2D eigenvalue weighted by atomic mass is 9.81. The summed E-state index contributed by atoms with van der Waals surface area (Å²) in [7, 11) is 0. The van der Waals surface area contributed by atoms with E-state index >= 15 is 0 Å². The molecule has 0 fully saturated rings. The van der Waals surface area contributed by atoms with Crippen LogP contribution in [0.5, 0.6) is 0 Å². The van der Waals surface area contributed by atoms with Gasteiger partial charge < -0.3 is 9.47 Å². The molecule has 67 heavy (non-hydrogen) atoms. The molecule has 1 aromatic heterocycles. The van der Waals surface area contributed by atoms with Crippen molar-refractivity contribution in [2.75, 3.05) is 4.90 Å². The van der Waals surface area contributed by atoms with Gasteiger partial charge >= 0.3 is 0 Å². The SMILES string of the molecule is Cc1cc2c(cc1N(c1cc(-c3ccccc3)cc(-c3ccccc3)c1)c1cc(-c3ccccc3)cc(-c3ccccc3)c1)C(C)(C)c1cc(-n3c4ccccc4c4ccccc43)c(C)cc1-2. The second-order valence-electron chi connectivity index (χ2n) is 18.7. The molecule has 0 unspecified atom stereocenters. The van der Waals surface area contributed by atoms with Crippen LogP contribution in [0.2, 0.25) is 0 Å². The standard InChI is InChI=1S/C65H50N2/c1-43-33-57-58-34-44(2)64(67-61-31-19-17-29-55(61)56-30-18-20-32-62(56)67)42-60(58)65(3,4)59(57)41-63(43)66(53-37-49(45-21-9-5-10-22-45)35-50(38-53)46-23-11-6-12-24-46)54-39-51(47-25-13-7-14-26-47)36-52(40-54)48-27-15-8-16-28-48/h5-42H,1-4H3. The van der Waals surface area contributed by atoms with E-state index in [0.717, 1.165) is 17.1 Å². The van der Waals surface area contributed by atoms with Crippen molar-refractivity contribution in [2.45, 2.75) is 33.1 Å². The molecule has 1 aliphatic carbocycles. The third-order valence-electron chi connectivity index (χ3n) is 14.2. The van der Waals surface area contributed by atoms with E-state index in [4.69, 9.17) is 0 Å². The zero-order chi connectivity index (χ0) is 45.2. The molecule has 0 radical (unpaired) electrons. The van der Waals surface area contributed by atoms with E-state index in [1.165, 1.54) is 105 Å². The molecule has 0 saturated carbocycles. The number of para-hydroxylation sites is 2. The van der Waals surface area contributed by atoms with Gasteiger partial charge in [-0.25, -0.2) is 0 Å². The van der Waals surface area contributed by atoms with Gasteiger partial charge in [-0.15, -0.1) is 0 Å². The van der Waals surface area contributed by atoms with Crippen molar-refractivity contribution >= 4 is 38.9 Å². The summed E-state index contributed by atoms with van der Waals surface area (Å²) in [6.07, 6.45) is 0. The van der Waals surface area contributed by atoms with Crippen molar-refractivity contribution in [1.29, 1.82) is 0 Å². The van der Waals surface area contributed by atoms with E-state index in [-0.39, 0.29) is 5.41 Å². The van der Waals surface area contributed by atoms with Crippen molar-refractivity contribution in [3.63, 3.8) is 0 Å². The first kappa shape index (κ1) is 40.3. The number of aromatic nitrogens is 1. The normalized spacial score (nSPS) is 12.6. The van der Waals surface area contributed by atoms with Gasteiger partial charge in [-0.1, -0.05) is 172 Å². The second-order valence-corrected chi connectivity index (χ2v) is 18.7. The van der Waals surface area contributed by atoms with E-state index in [1.807, 2.05) is 0 Å². The maximum Gasteiger partial charge on any atom is 0.0541 e. The number of hydrogen-bond donors (Lipinski definition) is 0. The Kier molecular flexibility index (Phi) is 9.66. The summed E-state index contributed by atoms with van der Waals surface area (Å²) >= 11 is 0. The fourth-order valence-electron chi connectivity index (χ4n) is 10.8. The van der Waals surface area contributed by atoms with Crippen LogP contribution in [0.25, 0.3) is 83.1 Å². The number of nitrogens with zero attached hydrogens (tertiary/aromatic N) is 2. The second kappa shape index (κ2) is 16.0. The zero-order valence-electron chi connectivity index (χ0n) is 38.3. The Balaban J connectivity index is 1.10. The van der Waals surface area contributed by atoms with E-state index in [9.17, 15) is 0 Å². The molecule has 0 saturated heterocycles. The van der Waals surface area contributed by atoms with Crippen LogP contribution in [0.15, 0.2) is 231 Å². The molecule has 1 aliphatic rings. The zero-order valence-corrected chi connectivity index (χ0v) is 38.3. The first-order valence-electron chi connectivity index (χ1n) is 23.4. The average Bonchev–Trinajstić information content (AvgIpc) is 3.81. The Morgan fingerprint density at radius 3 is 1.12 bits per heavy atom. The molecular weight excluding hydrogens is 809 g/mol. The average molecular weight is 859 g/mol. The topological polar surface area (TPSA) is 8.17 Å². The van der Waals surface area contributed by atoms with Crippen LogP contribution >= 0.6 is 0 Å². The summed E-state index contributed by atoms with van der Waals surface area (Å²) in [6.45, 7) is 9.41. The van der Waals surface area contributed by atoms with Crippen LogP contribution < -0.4 is 4.90 Å². The fraction of sp³-hybridized carbons (Fsp3) is 0.0769. The number of anilines is 3. The van der Waals surface area contributed by atoms with Crippen LogP contribution in [0.4, 0.5) is 17.1 Å². The summed E-state index contributed by atoms with van der Waals surface area (Å²) in [5.41, 5.74) is 24.0. The van der Waals surface area contributed by atoms with Crippen LogP contribution in [-0.2, 0) is 5.41 Å². The number of benzene rings is 10. The highest BCUT2D eigenvalue weighted by atomic mass is 15.1. The van der Waals surface area contributed by atoms with Crippen molar-refractivity contribution in [3.8, 4) is 61.3 Å². The van der Waals surface area contributed by atoms with Crippen molar-refractivity contribution in [3.05, 3.63) is 253 Å². The third-order valence-corrected chi connectivity index (χ3v) is 14.2. The number of aryl methyl sites for hydroxylation is 2. The molecule has 1 heterocycles. The minimum absolute atomic E-state index is 0.290. The Morgan fingerprint density at radius 2 is 0.701 bits per heavy atom. The molecule has 0 atom stereocenters. The summed E-state index contributed by atoms with van der Waals surface area (Å²) in [6, 6.07) is 85.0. The van der Waals surface area contributed by atoms with Gasteiger partial charge in [-0.2, -0.15) is 0 Å². The minimum Gasteiger partial charge on any atom is -0.310 e. The Hall–Kier alpha value is -8.20. The van der Waals surface area contributed by atoms with Gasteiger partial charge in [0.1, 0.15) is 0 Å². The van der Waals surface area contributed by atoms with Gasteiger partial charge in [0.25, 0.3) is 0 Å². The summed E-state index contributed by atoms with van der Waals surface area (Å²) in [5, 5.41) is 2.55. The molecule has 2 heteroatoms. The molecule has 0 aliphatic heterocycles. The molecule has 0 spiro atoms. The van der Waals surface area contributed by atoms with Gasteiger partial charge in [0.15, 0.2) is 0 Å². The number of rotatable bonds is 8. The van der Waals surface area contributed by atoms with Crippen molar-refractivity contribution in [1.82, 2.24) is 4.57 Å². The third kappa shape index (κ3) is 6.87. The first-order valence-corrected chi connectivity index (χ1v) is 23.4. The Morgan fingerprint density at radius 1 is 0.343 bits per heavy atom. The molecular formula is C65H50N2. The number of hydrogen-bond acceptors (Lipinski definition) is 1. The first-order chi connectivity index (χ1) is 32.8. The van der Waals surface area contributed by atoms with E-state index < -0.39 is 0 Å². The Bertz CT molecular complexity index is 3360. The molecule has 320 valence electrons. The molecule has 0 amide bonds. The number of fused-ring (bicyclic) bond motifs is 6. The van der Waals surface area contributed by atoms with Crippen molar-refractivity contribution in [2.24, 2.45) is 0 Å². The van der Waals surface area contributed by atoms with Crippen LogP contribution in [-0.4, -0.2) is 4.57 Å². The summed E-state index contributed by atoms with van der Waals surface area (Å²) in [5.74, 6) is 0. The Labute approximate surface area is 393 Å². The largest absolute Gasteiger partial charge is 0.310 e. The van der Waals surface area contributed by atoms with Gasteiger partial charge in [-0.05, 0) is 165 Å². The predicted octanol–water partition coefficient (Wildman–Crippen LogP) is 17.8. The highest BCUT2D eigenvalue weighted by molar-refractivity contribution is 6.09. The molecule has 12 rings (SSSR count). The lowest BCUT2D eigenvalue weighted by molar-refractivity contribution is 0.659. The van der Waals surface area contributed by atoms with Crippen molar-refractivity contribution < 1.29 is 0 Å². The molecule has 11 aromatic rings. The lowest BCUT2D eigenvalue weighted by Crippen LogP contribution is -2.18. The fourth-order valence-corrected chi connectivity index (χ4v) is 10.8. The van der Waals surface area contributed by atoms with Gasteiger partial charge in [0, 0.05) is 38.9 Å². The van der Waals surface area contributed by atoms with E-state index in [2.05, 4.69) is 268 Å². The summed E-state index contributed by atoms with van der Waals surface area (Å²) < 4.78 is 2.48. The maximum atomic E-state index is 2.53. The van der Waals surface area contributed by atoms with Gasteiger partial charge in [-0.3, -0.25) is 0 Å². The quantitative estimate of drug-likeness (QED) is 0.148. The lowest BCUT2D eigenvalue weighted by Gasteiger charge is -2.31. The smallest absolute Gasteiger partial charge is 0.0541 e. The monoisotopic (exact) mass is 858 g/mol. The van der Waals surface area contributed by atoms with E-state index in [0.29, 0.717) is 0 Å². The molecule has 10 aromatic carbocycles. The summed E-state index contributed by atoms with van der Waals surface area (Å²) in [4.78, 5) is 2.53. The highest BCUT2D eigenvalue weighted by Gasteiger charge is 2.38. The van der Waals surface area contributed by atoms with Crippen LogP contribution in [0.1, 0.15) is 36.1 Å². The molecule has 0 bridgehead atoms. The molecule has 0 N–H and O–H groups in total. The van der Waals surface area contributed by atoms with Gasteiger partial charge in [0.05, 0.1) is 11.0 Å². The van der Waals surface area contributed by atoms with Gasteiger partial charge in [0.2, 0.25) is 0 Å². The maximum absolute atomic E-state index is 2.53. The highest BCUT2D eigenvalue weighted by Crippen LogP contribution is 2.54. The molecule has 2 nitrogen and oxygen atoms in total. The van der Waals surface area contributed by atoms with Crippen LogP contribution in [0, 0.1) is 13.8 Å². The predicted molar refractivity (Wildman–Crippen MR) is 284 cm³/mol. The van der Waals surface area contributed by atoms with Crippen LogP contribution in [0.3, 0.4) is 0 Å².